The fourth-order valence-corrected chi connectivity index (χ4v) is 2.60. The number of nitrogens with two attached hydrogens (primary N) is 2. The Kier molecular flexibility index (Phi) is 11.6. The smallest absolute Gasteiger partial charge is 0.326 e. The van der Waals surface area contributed by atoms with E-state index in [1.54, 1.807) is 27.7 Å². The van der Waals surface area contributed by atoms with Crippen molar-refractivity contribution >= 4 is 29.6 Å². The Morgan fingerprint density at radius 2 is 1.27 bits per heavy atom. The van der Waals surface area contributed by atoms with Crippen molar-refractivity contribution in [2.75, 3.05) is 0 Å². The molecule has 6 atom stereocenters. The van der Waals surface area contributed by atoms with Crippen LogP contribution >= 0.6 is 0 Å². The summed E-state index contributed by atoms with van der Waals surface area (Å²) in [5, 5.41) is 16.7. The van der Waals surface area contributed by atoms with E-state index in [4.69, 9.17) is 11.5 Å². The maximum atomic E-state index is 12.8. The molecule has 0 bridgehead atoms. The van der Waals surface area contributed by atoms with Crippen LogP contribution in [0.25, 0.3) is 0 Å². The minimum atomic E-state index is -1.31. The van der Waals surface area contributed by atoms with Crippen LogP contribution < -0.4 is 27.4 Å². The molecule has 0 aliphatic heterocycles. The molecule has 0 rings (SSSR count). The molecule has 4 amide bonds. The third kappa shape index (κ3) is 8.76. The van der Waals surface area contributed by atoms with Crippen molar-refractivity contribution in [3.63, 3.8) is 0 Å². The van der Waals surface area contributed by atoms with Crippen LogP contribution in [0.15, 0.2) is 0 Å². The first-order valence-corrected chi connectivity index (χ1v) is 10.0. The number of amides is 4. The molecule has 0 radical (unpaired) electrons. The number of carboxylic acid groups (broad SMARTS) is 1. The number of hydrogen-bond acceptors (Lipinski definition) is 6. The fourth-order valence-electron chi connectivity index (χ4n) is 2.60. The molecule has 0 aliphatic rings. The second-order valence-corrected chi connectivity index (χ2v) is 7.60. The molecule has 8 N–H and O–H groups in total. The lowest BCUT2D eigenvalue weighted by Crippen LogP contribution is -2.59. The van der Waals surface area contributed by atoms with Crippen molar-refractivity contribution in [2.45, 2.75) is 78.0 Å². The Labute approximate surface area is 176 Å². The van der Waals surface area contributed by atoms with Gasteiger partial charge in [-0.1, -0.05) is 40.5 Å². The van der Waals surface area contributed by atoms with Gasteiger partial charge >= 0.3 is 5.97 Å². The number of carboxylic acids is 1. The summed E-state index contributed by atoms with van der Waals surface area (Å²) in [4.78, 5) is 60.2. The summed E-state index contributed by atoms with van der Waals surface area (Å²) in [5.74, 6) is -4.80. The van der Waals surface area contributed by atoms with Gasteiger partial charge < -0.3 is 32.5 Å². The number of aliphatic carboxylic acids is 1. The van der Waals surface area contributed by atoms with Gasteiger partial charge in [0.25, 0.3) is 0 Å². The van der Waals surface area contributed by atoms with Crippen LogP contribution in [0, 0.1) is 11.8 Å². The largest absolute Gasteiger partial charge is 0.480 e. The number of carbonyl (C=O) groups is 5. The van der Waals surface area contributed by atoms with Crippen molar-refractivity contribution in [1.29, 1.82) is 0 Å². The van der Waals surface area contributed by atoms with Crippen molar-refractivity contribution in [3.05, 3.63) is 0 Å². The second kappa shape index (κ2) is 12.8. The van der Waals surface area contributed by atoms with Gasteiger partial charge in [0.15, 0.2) is 0 Å². The van der Waals surface area contributed by atoms with Gasteiger partial charge in [-0.05, 0) is 18.8 Å². The summed E-state index contributed by atoms with van der Waals surface area (Å²) in [6.45, 7) is 8.43. The molecule has 172 valence electrons. The SMILES string of the molecule is CCC(C)C(NC(=O)C(NC(=O)C(CC(N)=O)NC(=O)C(C)N)C(C)CC)C(=O)O. The molecule has 0 aliphatic carbocycles. The molecule has 11 nitrogen and oxygen atoms in total. The zero-order valence-electron chi connectivity index (χ0n) is 18.2. The van der Waals surface area contributed by atoms with Gasteiger partial charge in [0.1, 0.15) is 18.1 Å². The molecule has 30 heavy (non-hydrogen) atoms. The molecule has 0 heterocycles. The van der Waals surface area contributed by atoms with E-state index >= 15 is 0 Å². The van der Waals surface area contributed by atoms with Crippen molar-refractivity contribution in [2.24, 2.45) is 23.3 Å². The monoisotopic (exact) mass is 429 g/mol. The Balaban J connectivity index is 5.57. The highest BCUT2D eigenvalue weighted by molar-refractivity contribution is 5.96. The van der Waals surface area contributed by atoms with Gasteiger partial charge in [-0.15, -0.1) is 0 Å². The highest BCUT2D eigenvalue weighted by Gasteiger charge is 2.34. The van der Waals surface area contributed by atoms with Crippen molar-refractivity contribution in [1.82, 2.24) is 16.0 Å². The molecular weight excluding hydrogens is 394 g/mol. The third-order valence-electron chi connectivity index (χ3n) is 5.02. The number of hydrogen-bond donors (Lipinski definition) is 6. The number of carbonyl (C=O) groups excluding carboxylic acids is 4. The van der Waals surface area contributed by atoms with Crippen LogP contribution in [-0.4, -0.2) is 58.9 Å². The molecule has 0 aromatic carbocycles. The standard InChI is InChI=1S/C19H35N5O6/c1-6-9(3)14(18(28)24-15(19(29)30)10(4)7-2)23-17(27)12(8-13(21)25)22-16(26)11(5)20/h9-12,14-15H,6-8,20H2,1-5H3,(H2,21,25)(H,22,26)(H,23,27)(H,24,28)(H,29,30). The Hall–Kier alpha value is -2.69. The van der Waals surface area contributed by atoms with E-state index in [9.17, 15) is 29.1 Å². The predicted octanol–water partition coefficient (Wildman–Crippen LogP) is -1.16. The summed E-state index contributed by atoms with van der Waals surface area (Å²) < 4.78 is 0. The minimum Gasteiger partial charge on any atom is -0.480 e. The first-order chi connectivity index (χ1) is 13.8. The van der Waals surface area contributed by atoms with E-state index in [0.717, 1.165) is 0 Å². The van der Waals surface area contributed by atoms with E-state index in [1.807, 2.05) is 0 Å². The Morgan fingerprint density at radius 3 is 1.67 bits per heavy atom. The zero-order valence-corrected chi connectivity index (χ0v) is 18.2. The summed E-state index contributed by atoms with van der Waals surface area (Å²) in [6, 6.07) is -4.43. The lowest BCUT2D eigenvalue weighted by molar-refractivity contribution is -0.144. The van der Waals surface area contributed by atoms with E-state index in [0.29, 0.717) is 12.8 Å². The minimum absolute atomic E-state index is 0.326. The third-order valence-corrected chi connectivity index (χ3v) is 5.02. The summed E-state index contributed by atoms with van der Waals surface area (Å²) in [7, 11) is 0. The highest BCUT2D eigenvalue weighted by atomic mass is 16.4. The van der Waals surface area contributed by atoms with Gasteiger partial charge in [0.05, 0.1) is 12.5 Å². The fraction of sp³-hybridized carbons (Fsp3) is 0.737. The van der Waals surface area contributed by atoms with Gasteiger partial charge in [-0.25, -0.2) is 4.79 Å². The lowest BCUT2D eigenvalue weighted by atomic mass is 9.95. The average Bonchev–Trinajstić information content (AvgIpc) is 2.67. The normalized spacial score (nSPS) is 16.9. The maximum absolute atomic E-state index is 12.8. The van der Waals surface area contributed by atoms with E-state index in [2.05, 4.69) is 16.0 Å². The number of nitrogens with one attached hydrogen (secondary N) is 3. The molecule has 0 spiro atoms. The van der Waals surface area contributed by atoms with Crippen LogP contribution in [-0.2, 0) is 24.0 Å². The first-order valence-electron chi connectivity index (χ1n) is 10.0. The van der Waals surface area contributed by atoms with Crippen LogP contribution in [0.1, 0.15) is 53.9 Å². The molecule has 0 saturated carbocycles. The van der Waals surface area contributed by atoms with Crippen molar-refractivity contribution in [3.8, 4) is 0 Å². The Bertz CT molecular complexity index is 639. The first kappa shape index (κ1) is 27.3. The summed E-state index contributed by atoms with van der Waals surface area (Å²) in [6.07, 6.45) is 0.553. The summed E-state index contributed by atoms with van der Waals surface area (Å²) in [5.41, 5.74) is 10.6. The van der Waals surface area contributed by atoms with Gasteiger partial charge in [-0.3, -0.25) is 19.2 Å². The van der Waals surface area contributed by atoms with Gasteiger partial charge in [0.2, 0.25) is 23.6 Å². The van der Waals surface area contributed by atoms with Gasteiger partial charge in [0, 0.05) is 0 Å². The molecule has 0 aromatic rings. The number of rotatable bonds is 13. The molecule has 0 saturated heterocycles. The highest BCUT2D eigenvalue weighted by Crippen LogP contribution is 2.12. The van der Waals surface area contributed by atoms with Crippen molar-refractivity contribution < 1.29 is 29.1 Å². The van der Waals surface area contributed by atoms with Crippen LogP contribution in [0.3, 0.4) is 0 Å². The predicted molar refractivity (Wildman–Crippen MR) is 110 cm³/mol. The van der Waals surface area contributed by atoms with E-state index in [-0.39, 0.29) is 11.8 Å². The lowest BCUT2D eigenvalue weighted by Gasteiger charge is -2.29. The van der Waals surface area contributed by atoms with Crippen LogP contribution in [0.4, 0.5) is 0 Å². The van der Waals surface area contributed by atoms with Crippen LogP contribution in [0.2, 0.25) is 0 Å². The van der Waals surface area contributed by atoms with Gasteiger partial charge in [-0.2, -0.15) is 0 Å². The average molecular weight is 430 g/mol. The maximum Gasteiger partial charge on any atom is 0.326 e. The Morgan fingerprint density at radius 1 is 0.800 bits per heavy atom. The second-order valence-electron chi connectivity index (χ2n) is 7.60. The molecular formula is C19H35N5O6. The van der Waals surface area contributed by atoms with E-state index < -0.39 is 60.2 Å². The van der Waals surface area contributed by atoms with E-state index in [1.165, 1.54) is 6.92 Å². The molecule has 0 aromatic heterocycles. The topological polar surface area (TPSA) is 194 Å². The van der Waals surface area contributed by atoms with Crippen LogP contribution in [0.5, 0.6) is 0 Å². The summed E-state index contributed by atoms with van der Waals surface area (Å²) >= 11 is 0. The molecule has 11 heteroatoms. The zero-order chi connectivity index (χ0) is 23.6. The number of primary amides is 1. The molecule has 6 unspecified atom stereocenters. The molecule has 0 fully saturated rings. The quantitative estimate of drug-likeness (QED) is 0.212.